The molecule has 1 aliphatic heterocycles. The van der Waals surface area contributed by atoms with Crippen LogP contribution in [-0.4, -0.2) is 30.6 Å². The minimum Gasteiger partial charge on any atom is -0.466 e. The summed E-state index contributed by atoms with van der Waals surface area (Å²) in [5, 5.41) is 0. The van der Waals surface area contributed by atoms with Crippen molar-refractivity contribution in [3.63, 3.8) is 0 Å². The highest BCUT2D eigenvalue weighted by Gasteiger charge is 2.39. The second kappa shape index (κ2) is 6.89. The Labute approximate surface area is 121 Å². The standard InChI is InChI=1S/C17H25NO2/c1-4-20-17(19)16-12-18(11-15(16)13(2)3)10-14-8-6-5-7-9-14/h5-9,13,15-16H,4,10-12H2,1-3H3/t15-,16+/m0/s1. The van der Waals surface area contributed by atoms with Gasteiger partial charge in [-0.1, -0.05) is 44.2 Å². The zero-order valence-electron chi connectivity index (χ0n) is 12.7. The van der Waals surface area contributed by atoms with Crippen LogP contribution in [-0.2, 0) is 16.1 Å². The van der Waals surface area contributed by atoms with Gasteiger partial charge in [-0.15, -0.1) is 0 Å². The Balaban J connectivity index is 2.02. The Morgan fingerprint density at radius 2 is 2.00 bits per heavy atom. The molecule has 0 N–H and O–H groups in total. The van der Waals surface area contributed by atoms with Gasteiger partial charge in [0.05, 0.1) is 12.5 Å². The number of esters is 1. The van der Waals surface area contributed by atoms with Crippen LogP contribution in [0.15, 0.2) is 30.3 Å². The molecule has 1 aliphatic rings. The van der Waals surface area contributed by atoms with E-state index in [-0.39, 0.29) is 11.9 Å². The summed E-state index contributed by atoms with van der Waals surface area (Å²) in [6.07, 6.45) is 0. The first-order valence-corrected chi connectivity index (χ1v) is 7.54. The Morgan fingerprint density at radius 1 is 1.30 bits per heavy atom. The molecule has 2 rings (SSSR count). The maximum Gasteiger partial charge on any atom is 0.310 e. The normalized spacial score (nSPS) is 23.2. The van der Waals surface area contributed by atoms with E-state index in [1.54, 1.807) is 0 Å². The van der Waals surface area contributed by atoms with Crippen molar-refractivity contribution in [3.8, 4) is 0 Å². The molecular weight excluding hydrogens is 250 g/mol. The zero-order chi connectivity index (χ0) is 14.5. The van der Waals surface area contributed by atoms with Crippen LogP contribution in [0.1, 0.15) is 26.3 Å². The van der Waals surface area contributed by atoms with Crippen molar-refractivity contribution in [2.75, 3.05) is 19.7 Å². The van der Waals surface area contributed by atoms with Crippen molar-refractivity contribution in [2.24, 2.45) is 17.8 Å². The lowest BCUT2D eigenvalue weighted by Gasteiger charge is -2.20. The average Bonchev–Trinajstić information content (AvgIpc) is 2.84. The van der Waals surface area contributed by atoms with E-state index in [9.17, 15) is 4.79 Å². The molecule has 2 atom stereocenters. The van der Waals surface area contributed by atoms with Gasteiger partial charge in [-0.25, -0.2) is 0 Å². The fourth-order valence-electron chi connectivity index (χ4n) is 3.06. The molecule has 20 heavy (non-hydrogen) atoms. The van der Waals surface area contributed by atoms with Gasteiger partial charge in [0.2, 0.25) is 0 Å². The summed E-state index contributed by atoms with van der Waals surface area (Å²) in [7, 11) is 0. The number of ether oxygens (including phenoxy) is 1. The number of carbonyl (C=O) groups excluding carboxylic acids is 1. The van der Waals surface area contributed by atoms with E-state index >= 15 is 0 Å². The fraction of sp³-hybridized carbons (Fsp3) is 0.588. The molecule has 1 aromatic rings. The van der Waals surface area contributed by atoms with E-state index < -0.39 is 0 Å². The third-order valence-corrected chi connectivity index (χ3v) is 4.14. The molecule has 0 unspecified atom stereocenters. The van der Waals surface area contributed by atoms with Gasteiger partial charge in [0.25, 0.3) is 0 Å². The van der Waals surface area contributed by atoms with Crippen LogP contribution in [0.5, 0.6) is 0 Å². The highest BCUT2D eigenvalue weighted by atomic mass is 16.5. The largest absolute Gasteiger partial charge is 0.466 e. The summed E-state index contributed by atoms with van der Waals surface area (Å²) in [5.74, 6) is 0.906. The number of rotatable bonds is 5. The minimum atomic E-state index is -0.0261. The van der Waals surface area contributed by atoms with Gasteiger partial charge in [0.15, 0.2) is 0 Å². The first-order chi connectivity index (χ1) is 9.61. The summed E-state index contributed by atoms with van der Waals surface area (Å²) in [5.41, 5.74) is 1.31. The van der Waals surface area contributed by atoms with Crippen LogP contribution in [0.3, 0.4) is 0 Å². The first-order valence-electron chi connectivity index (χ1n) is 7.54. The molecular formula is C17H25NO2. The maximum absolute atomic E-state index is 12.1. The van der Waals surface area contributed by atoms with Gasteiger partial charge in [-0.05, 0) is 24.3 Å². The lowest BCUT2D eigenvalue weighted by Crippen LogP contribution is -2.28. The highest BCUT2D eigenvalue weighted by Crippen LogP contribution is 2.31. The molecule has 1 fully saturated rings. The maximum atomic E-state index is 12.1. The molecule has 3 heteroatoms. The van der Waals surface area contributed by atoms with E-state index in [2.05, 4.69) is 43.0 Å². The first kappa shape index (κ1) is 15.0. The lowest BCUT2D eigenvalue weighted by atomic mass is 9.86. The molecule has 1 saturated heterocycles. The number of likely N-dealkylation sites (tertiary alicyclic amines) is 1. The number of nitrogens with zero attached hydrogens (tertiary/aromatic N) is 1. The summed E-state index contributed by atoms with van der Waals surface area (Å²) < 4.78 is 5.24. The summed E-state index contributed by atoms with van der Waals surface area (Å²) in [6, 6.07) is 10.4. The second-order valence-electron chi connectivity index (χ2n) is 5.95. The quantitative estimate of drug-likeness (QED) is 0.774. The van der Waals surface area contributed by atoms with Crippen LogP contribution in [0.4, 0.5) is 0 Å². The monoisotopic (exact) mass is 275 g/mol. The van der Waals surface area contributed by atoms with E-state index in [0.29, 0.717) is 18.4 Å². The van der Waals surface area contributed by atoms with Gasteiger partial charge >= 0.3 is 5.97 Å². The molecule has 0 spiro atoms. The van der Waals surface area contributed by atoms with E-state index in [1.807, 2.05) is 13.0 Å². The average molecular weight is 275 g/mol. The molecule has 1 aromatic carbocycles. The summed E-state index contributed by atoms with van der Waals surface area (Å²) in [4.78, 5) is 14.5. The van der Waals surface area contributed by atoms with Gasteiger partial charge in [-0.3, -0.25) is 9.69 Å². The van der Waals surface area contributed by atoms with E-state index in [1.165, 1.54) is 5.56 Å². The van der Waals surface area contributed by atoms with Gasteiger partial charge < -0.3 is 4.74 Å². The predicted octanol–water partition coefficient (Wildman–Crippen LogP) is 2.95. The second-order valence-corrected chi connectivity index (χ2v) is 5.95. The lowest BCUT2D eigenvalue weighted by molar-refractivity contribution is -0.149. The van der Waals surface area contributed by atoms with Crippen molar-refractivity contribution in [1.82, 2.24) is 4.90 Å². The van der Waals surface area contributed by atoms with Crippen molar-refractivity contribution >= 4 is 5.97 Å². The number of benzene rings is 1. The SMILES string of the molecule is CCOC(=O)[C@@H]1CN(Cc2ccccc2)C[C@H]1C(C)C. The summed E-state index contributed by atoms with van der Waals surface area (Å²) >= 11 is 0. The molecule has 0 aromatic heterocycles. The molecule has 3 nitrogen and oxygen atoms in total. The van der Waals surface area contributed by atoms with E-state index in [0.717, 1.165) is 19.6 Å². The van der Waals surface area contributed by atoms with Gasteiger partial charge in [0, 0.05) is 19.6 Å². The zero-order valence-corrected chi connectivity index (χ0v) is 12.7. The van der Waals surface area contributed by atoms with Crippen LogP contribution in [0.2, 0.25) is 0 Å². The number of carbonyl (C=O) groups is 1. The highest BCUT2D eigenvalue weighted by molar-refractivity contribution is 5.73. The molecule has 0 saturated carbocycles. The van der Waals surface area contributed by atoms with Crippen molar-refractivity contribution in [2.45, 2.75) is 27.3 Å². The molecule has 0 radical (unpaired) electrons. The van der Waals surface area contributed by atoms with Crippen LogP contribution < -0.4 is 0 Å². The van der Waals surface area contributed by atoms with Crippen molar-refractivity contribution in [3.05, 3.63) is 35.9 Å². The van der Waals surface area contributed by atoms with Crippen LogP contribution in [0, 0.1) is 17.8 Å². The fourth-order valence-corrected chi connectivity index (χ4v) is 3.06. The summed E-state index contributed by atoms with van der Waals surface area (Å²) in [6.45, 7) is 9.45. The molecule has 0 aliphatic carbocycles. The molecule has 0 bridgehead atoms. The predicted molar refractivity (Wildman–Crippen MR) is 80.2 cm³/mol. The topological polar surface area (TPSA) is 29.5 Å². The van der Waals surface area contributed by atoms with Gasteiger partial charge in [-0.2, -0.15) is 0 Å². The van der Waals surface area contributed by atoms with Crippen LogP contribution >= 0.6 is 0 Å². The smallest absolute Gasteiger partial charge is 0.310 e. The van der Waals surface area contributed by atoms with Crippen molar-refractivity contribution < 1.29 is 9.53 Å². The number of hydrogen-bond donors (Lipinski definition) is 0. The third kappa shape index (κ3) is 3.60. The Kier molecular flexibility index (Phi) is 5.18. The minimum absolute atomic E-state index is 0.0261. The van der Waals surface area contributed by atoms with Crippen molar-refractivity contribution in [1.29, 1.82) is 0 Å². The molecule has 1 heterocycles. The Bertz CT molecular complexity index is 430. The van der Waals surface area contributed by atoms with Gasteiger partial charge in [0.1, 0.15) is 0 Å². The number of hydrogen-bond acceptors (Lipinski definition) is 3. The Hall–Kier alpha value is -1.35. The third-order valence-electron chi connectivity index (χ3n) is 4.14. The van der Waals surface area contributed by atoms with Crippen LogP contribution in [0.25, 0.3) is 0 Å². The molecule has 110 valence electrons. The van der Waals surface area contributed by atoms with E-state index in [4.69, 9.17) is 4.74 Å². The molecule has 0 amide bonds. The Morgan fingerprint density at radius 3 is 2.60 bits per heavy atom.